The molecule has 0 radical (unpaired) electrons. The summed E-state index contributed by atoms with van der Waals surface area (Å²) in [7, 11) is 0. The van der Waals surface area contributed by atoms with Crippen molar-refractivity contribution in [2.75, 3.05) is 65.4 Å². The lowest BCUT2D eigenvalue weighted by Gasteiger charge is -2.28. The number of carboxylic acids is 3. The Morgan fingerprint density at radius 1 is 0.471 bits per heavy atom. The molecule has 0 fully saturated rings. The number of hydrogen-bond donors (Lipinski definition) is 5. The number of nitrogens with one attached hydrogen (secondary N) is 2. The smallest absolute Gasteiger partial charge is 0.317 e. The van der Waals surface area contributed by atoms with Gasteiger partial charge in [-0.3, -0.25) is 38.7 Å². The maximum Gasteiger partial charge on any atom is 0.317 e. The minimum atomic E-state index is -1.10. The second-order valence-corrected chi connectivity index (χ2v) is 14.1. The summed E-state index contributed by atoms with van der Waals surface area (Å²) in [6.07, 6.45) is 22.3. The van der Waals surface area contributed by atoms with Gasteiger partial charge in [-0.05, 0) is 19.8 Å². The third kappa shape index (κ3) is 32.9. The summed E-state index contributed by atoms with van der Waals surface area (Å²) >= 11 is 0. The van der Waals surface area contributed by atoms with Crippen LogP contribution in [0, 0.1) is 0 Å². The lowest BCUT2D eigenvalue weighted by molar-refractivity contribution is -0.141. The van der Waals surface area contributed by atoms with Crippen molar-refractivity contribution in [2.45, 2.75) is 149 Å². The molecule has 0 rings (SSSR count). The Hall–Kier alpha value is -2.77. The van der Waals surface area contributed by atoms with Crippen molar-refractivity contribution < 1.29 is 39.3 Å². The Morgan fingerprint density at radius 2 is 0.824 bits per heavy atom. The third-order valence-electron chi connectivity index (χ3n) is 9.03. The van der Waals surface area contributed by atoms with Crippen LogP contribution in [-0.4, -0.2) is 131 Å². The van der Waals surface area contributed by atoms with Crippen LogP contribution in [0.1, 0.15) is 143 Å². The summed E-state index contributed by atoms with van der Waals surface area (Å²) in [4.78, 5) is 64.5. The van der Waals surface area contributed by atoms with E-state index in [2.05, 4.69) is 24.5 Å². The Kier molecular flexibility index (Phi) is 31.3. The summed E-state index contributed by atoms with van der Waals surface area (Å²) < 4.78 is 0. The van der Waals surface area contributed by atoms with Crippen LogP contribution in [0.25, 0.3) is 0 Å². The van der Waals surface area contributed by atoms with Crippen LogP contribution in [0.15, 0.2) is 0 Å². The van der Waals surface area contributed by atoms with Crippen molar-refractivity contribution >= 4 is 29.7 Å². The lowest BCUT2D eigenvalue weighted by Crippen LogP contribution is -2.48. The van der Waals surface area contributed by atoms with Gasteiger partial charge in [-0.25, -0.2) is 0 Å². The molecule has 0 bridgehead atoms. The monoisotopic (exact) mass is 728 g/mol. The Bertz CT molecular complexity index is 938. The molecule has 0 aromatic carbocycles. The van der Waals surface area contributed by atoms with Gasteiger partial charge in [0.2, 0.25) is 11.8 Å². The number of hydrogen-bond acceptors (Lipinski definition) is 8. The van der Waals surface area contributed by atoms with E-state index < -0.39 is 17.9 Å². The summed E-state index contributed by atoms with van der Waals surface area (Å²) in [5.74, 6) is -3.86. The van der Waals surface area contributed by atoms with Gasteiger partial charge in [0, 0.05) is 38.8 Å². The number of rotatable bonds is 37. The predicted octanol–water partition coefficient (Wildman–Crippen LogP) is 5.22. The van der Waals surface area contributed by atoms with Gasteiger partial charge in [-0.2, -0.15) is 0 Å². The molecule has 13 nitrogen and oxygen atoms in total. The number of carboxylic acid groups (broad SMARTS) is 3. The molecule has 0 heterocycles. The molecule has 1 unspecified atom stereocenters. The van der Waals surface area contributed by atoms with E-state index in [1.165, 1.54) is 93.3 Å². The fourth-order valence-corrected chi connectivity index (χ4v) is 6.12. The second-order valence-electron chi connectivity index (χ2n) is 14.1. The minimum Gasteiger partial charge on any atom is -0.480 e. The summed E-state index contributed by atoms with van der Waals surface area (Å²) in [5, 5.41) is 34.2. The summed E-state index contributed by atoms with van der Waals surface area (Å²) in [5.41, 5.74) is 0. The van der Waals surface area contributed by atoms with Gasteiger partial charge < -0.3 is 26.0 Å². The molecule has 5 N–H and O–H groups in total. The van der Waals surface area contributed by atoms with Crippen LogP contribution in [0.4, 0.5) is 0 Å². The van der Waals surface area contributed by atoms with Crippen molar-refractivity contribution in [2.24, 2.45) is 0 Å². The molecule has 0 aliphatic heterocycles. The highest BCUT2D eigenvalue weighted by Gasteiger charge is 2.20. The van der Waals surface area contributed by atoms with E-state index in [1.807, 2.05) is 6.92 Å². The van der Waals surface area contributed by atoms with E-state index in [0.29, 0.717) is 6.54 Å². The SMILES string of the molecule is CCCCCCCCCCCCNC(=O)CN(CCN(CCN(CC(=O)O)CC(=O)NC(C)CCCCCCCCCC)CC(=O)O)CC(=O)O. The molecule has 51 heavy (non-hydrogen) atoms. The van der Waals surface area contributed by atoms with Gasteiger partial charge >= 0.3 is 17.9 Å². The number of amides is 2. The van der Waals surface area contributed by atoms with E-state index in [-0.39, 0.29) is 76.8 Å². The van der Waals surface area contributed by atoms with Crippen molar-refractivity contribution in [3.63, 3.8) is 0 Å². The zero-order valence-corrected chi connectivity index (χ0v) is 32.3. The highest BCUT2D eigenvalue weighted by atomic mass is 16.4. The second kappa shape index (κ2) is 33.1. The largest absolute Gasteiger partial charge is 0.480 e. The number of aliphatic carboxylic acids is 3. The van der Waals surface area contributed by atoms with Crippen molar-refractivity contribution in [1.82, 2.24) is 25.3 Å². The average Bonchev–Trinajstić information content (AvgIpc) is 3.05. The quantitative estimate of drug-likeness (QED) is 0.0530. The molecule has 13 heteroatoms. The summed E-state index contributed by atoms with van der Waals surface area (Å²) in [6, 6.07) is -0.0416. The third-order valence-corrected chi connectivity index (χ3v) is 9.03. The van der Waals surface area contributed by atoms with Crippen LogP contribution >= 0.6 is 0 Å². The molecule has 2 amide bonds. The van der Waals surface area contributed by atoms with E-state index >= 15 is 0 Å². The van der Waals surface area contributed by atoms with Gasteiger partial charge in [-0.1, -0.05) is 123 Å². The zero-order chi connectivity index (χ0) is 38.1. The highest BCUT2D eigenvalue weighted by Crippen LogP contribution is 2.11. The Balaban J connectivity index is 4.75. The van der Waals surface area contributed by atoms with Crippen LogP contribution in [0.5, 0.6) is 0 Å². The van der Waals surface area contributed by atoms with Gasteiger partial charge in [-0.15, -0.1) is 0 Å². The fourth-order valence-electron chi connectivity index (χ4n) is 6.12. The van der Waals surface area contributed by atoms with E-state index in [0.717, 1.165) is 38.5 Å². The van der Waals surface area contributed by atoms with E-state index in [4.69, 9.17) is 0 Å². The number of unbranched alkanes of at least 4 members (excludes halogenated alkanes) is 16. The van der Waals surface area contributed by atoms with Crippen LogP contribution in [-0.2, 0) is 24.0 Å². The minimum absolute atomic E-state index is 0.0416. The standard InChI is InChI=1S/C38H73N5O8/c1-4-6-8-10-12-14-15-17-19-21-23-39-34(44)28-42(31-37(48)49)26-24-41(30-36(46)47)25-27-43(32-38(50)51)29-35(45)40-33(3)22-20-18-16-13-11-9-7-5-2/h33H,4-32H2,1-3H3,(H,39,44)(H,40,45)(H,46,47)(H,48,49)(H,50,51). The lowest BCUT2D eigenvalue weighted by atomic mass is 10.1. The van der Waals surface area contributed by atoms with Gasteiger partial charge in [0.05, 0.1) is 32.7 Å². The molecule has 0 aromatic heterocycles. The molecular weight excluding hydrogens is 654 g/mol. The van der Waals surface area contributed by atoms with Crippen LogP contribution in [0.3, 0.4) is 0 Å². The van der Waals surface area contributed by atoms with Crippen LogP contribution in [0.2, 0.25) is 0 Å². The summed E-state index contributed by atoms with van der Waals surface area (Å²) in [6.45, 7) is 6.03. The van der Waals surface area contributed by atoms with Gasteiger partial charge in [0.15, 0.2) is 0 Å². The molecule has 0 saturated carbocycles. The maximum absolute atomic E-state index is 12.8. The fraction of sp³-hybridized carbons (Fsp3) is 0.868. The van der Waals surface area contributed by atoms with Crippen LogP contribution < -0.4 is 10.6 Å². The molecule has 0 aliphatic carbocycles. The van der Waals surface area contributed by atoms with E-state index in [1.54, 1.807) is 4.90 Å². The first kappa shape index (κ1) is 48.2. The first-order valence-corrected chi connectivity index (χ1v) is 19.8. The number of carbonyl (C=O) groups excluding carboxylic acids is 2. The molecule has 1 atom stereocenters. The number of nitrogens with zero attached hydrogens (tertiary/aromatic N) is 3. The first-order chi connectivity index (χ1) is 24.5. The van der Waals surface area contributed by atoms with Gasteiger partial charge in [0.25, 0.3) is 0 Å². The molecule has 298 valence electrons. The van der Waals surface area contributed by atoms with Gasteiger partial charge in [0.1, 0.15) is 0 Å². The normalized spacial score (nSPS) is 12.0. The molecule has 0 saturated heterocycles. The highest BCUT2D eigenvalue weighted by molar-refractivity contribution is 5.79. The zero-order valence-electron chi connectivity index (χ0n) is 32.3. The molecule has 0 spiro atoms. The average molecular weight is 728 g/mol. The van der Waals surface area contributed by atoms with Crippen molar-refractivity contribution in [1.29, 1.82) is 0 Å². The first-order valence-electron chi connectivity index (χ1n) is 19.8. The van der Waals surface area contributed by atoms with Crippen molar-refractivity contribution in [3.05, 3.63) is 0 Å². The molecular formula is C38H73N5O8. The Labute approximate surface area is 308 Å². The maximum atomic E-state index is 12.8. The van der Waals surface area contributed by atoms with Crippen molar-refractivity contribution in [3.8, 4) is 0 Å². The molecule has 0 aromatic rings. The molecule has 0 aliphatic rings. The predicted molar refractivity (Wildman–Crippen MR) is 202 cm³/mol. The topological polar surface area (TPSA) is 180 Å². The number of carbonyl (C=O) groups is 5. The Morgan fingerprint density at radius 3 is 1.25 bits per heavy atom. The van der Waals surface area contributed by atoms with E-state index in [9.17, 15) is 39.3 Å².